The molecule has 112 valence electrons. The molecule has 2 N–H and O–H groups in total. The Kier molecular flexibility index (Phi) is 5.23. The second-order valence-electron chi connectivity index (χ2n) is 5.28. The lowest BCUT2D eigenvalue weighted by Gasteiger charge is -2.18. The van der Waals surface area contributed by atoms with E-state index in [1.807, 2.05) is 12.1 Å². The molecule has 0 radical (unpaired) electrons. The summed E-state index contributed by atoms with van der Waals surface area (Å²) in [6.45, 7) is 7.72. The molecule has 1 unspecified atom stereocenters. The maximum atomic E-state index is 9.31. The second-order valence-corrected chi connectivity index (χ2v) is 5.28. The van der Waals surface area contributed by atoms with Gasteiger partial charge < -0.3 is 15.2 Å². The fourth-order valence-corrected chi connectivity index (χ4v) is 2.29. The Morgan fingerprint density at radius 3 is 2.52 bits per heavy atom. The van der Waals surface area contributed by atoms with E-state index >= 15 is 0 Å². The highest BCUT2D eigenvalue weighted by molar-refractivity contribution is 5.39. The van der Waals surface area contributed by atoms with Crippen molar-refractivity contribution >= 4 is 0 Å². The summed E-state index contributed by atoms with van der Waals surface area (Å²) in [4.78, 5) is 0. The SMILES string of the molecule is CCNC(C)c1ccc(C)cc1OCc1ccc(O)cc1. The quantitative estimate of drug-likeness (QED) is 0.844. The van der Waals surface area contributed by atoms with Crippen LogP contribution in [-0.2, 0) is 6.61 Å². The van der Waals surface area contributed by atoms with Gasteiger partial charge in [-0.25, -0.2) is 0 Å². The highest BCUT2D eigenvalue weighted by atomic mass is 16.5. The normalized spacial score (nSPS) is 12.1. The number of benzene rings is 2. The molecule has 3 heteroatoms. The minimum Gasteiger partial charge on any atom is -0.508 e. The summed E-state index contributed by atoms with van der Waals surface area (Å²) in [7, 11) is 0. The van der Waals surface area contributed by atoms with Gasteiger partial charge in [-0.2, -0.15) is 0 Å². The number of phenolic OH excluding ortho intramolecular Hbond substituents is 1. The number of nitrogens with one attached hydrogen (secondary N) is 1. The first-order chi connectivity index (χ1) is 10.1. The molecule has 0 fully saturated rings. The Morgan fingerprint density at radius 1 is 1.14 bits per heavy atom. The van der Waals surface area contributed by atoms with Gasteiger partial charge in [0.15, 0.2) is 0 Å². The van der Waals surface area contributed by atoms with Crippen LogP contribution >= 0.6 is 0 Å². The third kappa shape index (κ3) is 4.23. The Bertz CT molecular complexity index is 578. The summed E-state index contributed by atoms with van der Waals surface area (Å²) in [5, 5.41) is 12.7. The van der Waals surface area contributed by atoms with Gasteiger partial charge in [0.1, 0.15) is 18.1 Å². The van der Waals surface area contributed by atoms with E-state index in [-0.39, 0.29) is 11.8 Å². The van der Waals surface area contributed by atoms with Crippen LogP contribution in [0.5, 0.6) is 11.5 Å². The molecule has 0 heterocycles. The van der Waals surface area contributed by atoms with Gasteiger partial charge in [0.2, 0.25) is 0 Å². The van der Waals surface area contributed by atoms with Gasteiger partial charge in [0.05, 0.1) is 0 Å². The molecular weight excluding hydrogens is 262 g/mol. The molecule has 2 aromatic carbocycles. The van der Waals surface area contributed by atoms with Crippen LogP contribution in [0.2, 0.25) is 0 Å². The van der Waals surface area contributed by atoms with Crippen LogP contribution in [0.15, 0.2) is 42.5 Å². The summed E-state index contributed by atoms with van der Waals surface area (Å²) in [5.74, 6) is 1.19. The molecule has 0 aliphatic carbocycles. The molecular formula is C18H23NO2. The van der Waals surface area contributed by atoms with Crippen molar-refractivity contribution in [3.8, 4) is 11.5 Å². The molecule has 2 rings (SSSR count). The average Bonchev–Trinajstić information content (AvgIpc) is 2.47. The summed E-state index contributed by atoms with van der Waals surface area (Å²) >= 11 is 0. The average molecular weight is 285 g/mol. The summed E-state index contributed by atoms with van der Waals surface area (Å²) in [5.41, 5.74) is 3.39. The van der Waals surface area contributed by atoms with Crippen LogP contribution in [0.3, 0.4) is 0 Å². The molecule has 0 amide bonds. The monoisotopic (exact) mass is 285 g/mol. The number of hydrogen-bond acceptors (Lipinski definition) is 3. The van der Waals surface area contributed by atoms with Crippen LogP contribution in [0.1, 0.15) is 36.6 Å². The molecule has 0 spiro atoms. The first kappa shape index (κ1) is 15.4. The van der Waals surface area contributed by atoms with Crippen molar-refractivity contribution in [2.45, 2.75) is 33.4 Å². The summed E-state index contributed by atoms with van der Waals surface area (Å²) in [6, 6.07) is 13.7. The largest absolute Gasteiger partial charge is 0.508 e. The van der Waals surface area contributed by atoms with Crippen LogP contribution < -0.4 is 10.1 Å². The zero-order valence-corrected chi connectivity index (χ0v) is 12.9. The molecule has 2 aromatic rings. The molecule has 0 aliphatic rings. The van der Waals surface area contributed by atoms with Crippen molar-refractivity contribution < 1.29 is 9.84 Å². The van der Waals surface area contributed by atoms with Crippen molar-refractivity contribution in [3.63, 3.8) is 0 Å². The van der Waals surface area contributed by atoms with Crippen molar-refractivity contribution in [3.05, 3.63) is 59.2 Å². The Morgan fingerprint density at radius 2 is 1.86 bits per heavy atom. The van der Waals surface area contributed by atoms with Crippen LogP contribution in [0.25, 0.3) is 0 Å². The Hall–Kier alpha value is -2.00. The maximum Gasteiger partial charge on any atom is 0.124 e. The van der Waals surface area contributed by atoms with Gasteiger partial charge in [0.25, 0.3) is 0 Å². The van der Waals surface area contributed by atoms with Crippen LogP contribution in [0, 0.1) is 6.92 Å². The predicted octanol–water partition coefficient (Wildman–Crippen LogP) is 3.95. The zero-order valence-electron chi connectivity index (χ0n) is 12.9. The fraction of sp³-hybridized carbons (Fsp3) is 0.333. The minimum atomic E-state index is 0.255. The van der Waals surface area contributed by atoms with Crippen LogP contribution in [-0.4, -0.2) is 11.7 Å². The van der Waals surface area contributed by atoms with E-state index in [1.54, 1.807) is 12.1 Å². The maximum absolute atomic E-state index is 9.31. The van der Waals surface area contributed by atoms with Gasteiger partial charge in [-0.1, -0.05) is 31.2 Å². The van der Waals surface area contributed by atoms with E-state index in [9.17, 15) is 5.11 Å². The van der Waals surface area contributed by atoms with Crippen molar-refractivity contribution in [2.75, 3.05) is 6.54 Å². The van der Waals surface area contributed by atoms with E-state index < -0.39 is 0 Å². The number of ether oxygens (including phenoxy) is 1. The lowest BCUT2D eigenvalue weighted by atomic mass is 10.0. The predicted molar refractivity (Wildman–Crippen MR) is 85.7 cm³/mol. The fourth-order valence-electron chi connectivity index (χ4n) is 2.29. The zero-order chi connectivity index (χ0) is 15.2. The van der Waals surface area contributed by atoms with Gasteiger partial charge >= 0.3 is 0 Å². The second kappa shape index (κ2) is 7.14. The molecule has 0 aromatic heterocycles. The number of aryl methyl sites for hydroxylation is 1. The number of phenols is 1. The van der Waals surface area contributed by atoms with Gasteiger partial charge in [-0.3, -0.25) is 0 Å². The first-order valence-corrected chi connectivity index (χ1v) is 7.34. The Balaban J connectivity index is 2.14. The highest BCUT2D eigenvalue weighted by Gasteiger charge is 2.11. The van der Waals surface area contributed by atoms with E-state index in [4.69, 9.17) is 4.74 Å². The molecule has 3 nitrogen and oxygen atoms in total. The minimum absolute atomic E-state index is 0.255. The van der Waals surface area contributed by atoms with Crippen LogP contribution in [0.4, 0.5) is 0 Å². The lowest BCUT2D eigenvalue weighted by Crippen LogP contribution is -2.18. The van der Waals surface area contributed by atoms with Crippen molar-refractivity contribution in [2.24, 2.45) is 0 Å². The molecule has 0 bridgehead atoms. The third-order valence-corrected chi connectivity index (χ3v) is 3.48. The molecule has 0 saturated carbocycles. The van der Waals surface area contributed by atoms with Gasteiger partial charge in [0, 0.05) is 11.6 Å². The highest BCUT2D eigenvalue weighted by Crippen LogP contribution is 2.27. The number of rotatable bonds is 6. The lowest BCUT2D eigenvalue weighted by molar-refractivity contribution is 0.299. The van der Waals surface area contributed by atoms with E-state index in [0.29, 0.717) is 6.61 Å². The molecule has 0 aliphatic heterocycles. The molecule has 0 saturated heterocycles. The number of hydrogen-bond donors (Lipinski definition) is 2. The van der Waals surface area contributed by atoms with Crippen molar-refractivity contribution in [1.82, 2.24) is 5.32 Å². The smallest absolute Gasteiger partial charge is 0.124 e. The first-order valence-electron chi connectivity index (χ1n) is 7.34. The van der Waals surface area contributed by atoms with Crippen molar-refractivity contribution in [1.29, 1.82) is 0 Å². The van der Waals surface area contributed by atoms with Gasteiger partial charge in [-0.15, -0.1) is 0 Å². The Labute approximate surface area is 126 Å². The van der Waals surface area contributed by atoms with E-state index in [2.05, 4.69) is 44.3 Å². The molecule has 21 heavy (non-hydrogen) atoms. The van der Waals surface area contributed by atoms with Gasteiger partial charge in [-0.05, 0) is 49.7 Å². The summed E-state index contributed by atoms with van der Waals surface area (Å²) in [6.07, 6.45) is 0. The van der Waals surface area contributed by atoms with E-state index in [1.165, 1.54) is 11.1 Å². The van der Waals surface area contributed by atoms with E-state index in [0.717, 1.165) is 17.9 Å². The third-order valence-electron chi connectivity index (χ3n) is 3.48. The topological polar surface area (TPSA) is 41.5 Å². The standard InChI is InChI=1S/C18H23NO2/c1-4-19-14(3)17-10-5-13(2)11-18(17)21-12-15-6-8-16(20)9-7-15/h5-11,14,19-20H,4,12H2,1-3H3. The summed E-state index contributed by atoms with van der Waals surface area (Å²) < 4.78 is 5.99. The number of aromatic hydroxyl groups is 1. The molecule has 1 atom stereocenters.